The van der Waals surface area contributed by atoms with Crippen LogP contribution in [0.25, 0.3) is 11.5 Å². The number of carbonyl (C=O) groups excluding carboxylic acids is 1. The second-order valence-electron chi connectivity index (χ2n) is 8.66. The number of hydrogen-bond donors (Lipinski definition) is 0. The monoisotopic (exact) mass is 507 g/mol. The topological polar surface area (TPSA) is 56.2 Å². The van der Waals surface area contributed by atoms with E-state index in [0.29, 0.717) is 34.7 Å². The molecule has 0 N–H and O–H groups in total. The maximum atomic E-state index is 13.6. The summed E-state index contributed by atoms with van der Waals surface area (Å²) in [5.74, 6) is 0.221. The van der Waals surface area contributed by atoms with Gasteiger partial charge in [0.2, 0.25) is 5.76 Å². The Kier molecular flexibility index (Phi) is 5.55. The molecular formula is C25H17F6N2O3+. The fourth-order valence-corrected chi connectivity index (χ4v) is 4.52. The van der Waals surface area contributed by atoms with Gasteiger partial charge in [-0.05, 0) is 36.4 Å². The number of quaternary nitrogens is 1. The predicted octanol–water partition coefficient (Wildman–Crippen LogP) is 6.84. The van der Waals surface area contributed by atoms with Crippen LogP contribution in [0.15, 0.2) is 75.9 Å². The van der Waals surface area contributed by atoms with E-state index in [1.807, 2.05) is 0 Å². The van der Waals surface area contributed by atoms with E-state index < -0.39 is 40.4 Å². The van der Waals surface area contributed by atoms with Crippen molar-refractivity contribution in [2.24, 2.45) is 0 Å². The Bertz CT molecular complexity index is 1390. The average molecular weight is 507 g/mol. The third kappa shape index (κ3) is 4.41. The number of furan rings is 1. The fraction of sp³-hybridized carbons (Fsp3) is 0.200. The van der Waals surface area contributed by atoms with E-state index >= 15 is 0 Å². The number of alkyl halides is 6. The number of rotatable bonds is 5. The van der Waals surface area contributed by atoms with Crippen LogP contribution in [-0.4, -0.2) is 15.5 Å². The Morgan fingerprint density at radius 2 is 1.53 bits per heavy atom. The minimum absolute atomic E-state index is 0.0650. The second kappa shape index (κ2) is 8.37. The molecule has 2 aromatic carbocycles. The Balaban J connectivity index is 1.58. The number of carbonyl (C=O) groups is 1. The molecule has 36 heavy (non-hydrogen) atoms. The smallest absolute Gasteiger partial charge is 0.416 e. The molecule has 0 saturated heterocycles. The summed E-state index contributed by atoms with van der Waals surface area (Å²) in [6.07, 6.45) is -8.57. The van der Waals surface area contributed by atoms with Crippen LogP contribution in [0.4, 0.5) is 26.3 Å². The molecule has 0 saturated carbocycles. The van der Waals surface area contributed by atoms with Gasteiger partial charge < -0.3 is 8.94 Å². The van der Waals surface area contributed by atoms with E-state index in [0.717, 1.165) is 0 Å². The highest BCUT2D eigenvalue weighted by atomic mass is 19.4. The molecule has 0 aliphatic carbocycles. The first kappa shape index (κ1) is 23.9. The minimum atomic E-state index is -5.00. The highest BCUT2D eigenvalue weighted by molar-refractivity contribution is 5.92. The second-order valence-corrected chi connectivity index (χ2v) is 8.66. The van der Waals surface area contributed by atoms with E-state index in [2.05, 4.69) is 5.16 Å². The van der Waals surface area contributed by atoms with Crippen molar-refractivity contribution in [1.82, 2.24) is 5.16 Å². The summed E-state index contributed by atoms with van der Waals surface area (Å²) in [4.78, 5) is 13.6. The third-order valence-corrected chi connectivity index (χ3v) is 6.07. The summed E-state index contributed by atoms with van der Waals surface area (Å²) in [6.45, 7) is -0.464. The fourth-order valence-electron chi connectivity index (χ4n) is 4.52. The van der Waals surface area contributed by atoms with Crippen LogP contribution in [0.3, 0.4) is 0 Å². The normalized spacial score (nSPS) is 18.0. The molecule has 0 bridgehead atoms. The average Bonchev–Trinajstić information content (AvgIpc) is 3.54. The molecule has 1 amide bonds. The predicted molar refractivity (Wildman–Crippen MR) is 113 cm³/mol. The van der Waals surface area contributed by atoms with Crippen molar-refractivity contribution in [3.8, 4) is 11.5 Å². The summed E-state index contributed by atoms with van der Waals surface area (Å²) < 4.78 is 90.8. The summed E-state index contributed by atoms with van der Waals surface area (Å²) in [5.41, 5.74) is -1.85. The van der Waals surface area contributed by atoms with Gasteiger partial charge in [-0.3, -0.25) is 0 Å². The lowest BCUT2D eigenvalue weighted by molar-refractivity contribution is -0.885. The van der Waals surface area contributed by atoms with Gasteiger partial charge in [-0.2, -0.15) is 26.3 Å². The molecule has 1 aliphatic rings. The largest absolute Gasteiger partial charge is 0.461 e. The molecule has 1 aliphatic heterocycles. The van der Waals surface area contributed by atoms with Crippen LogP contribution in [-0.2, 0) is 32.0 Å². The number of aromatic nitrogens is 1. The Morgan fingerprint density at radius 3 is 2.14 bits per heavy atom. The lowest BCUT2D eigenvalue weighted by atomic mass is 10.0. The van der Waals surface area contributed by atoms with Gasteiger partial charge in [0, 0.05) is 17.2 Å². The Hall–Kier alpha value is -3.86. The van der Waals surface area contributed by atoms with Gasteiger partial charge in [0.25, 0.3) is 0 Å². The summed E-state index contributed by atoms with van der Waals surface area (Å²) in [6, 6.07) is 12.8. The number of hydrogen-bond acceptors (Lipinski definition) is 4. The van der Waals surface area contributed by atoms with Crippen LogP contribution in [0.5, 0.6) is 0 Å². The molecule has 186 valence electrons. The zero-order valence-electron chi connectivity index (χ0n) is 18.4. The molecule has 3 heterocycles. The van der Waals surface area contributed by atoms with Gasteiger partial charge >= 0.3 is 18.3 Å². The quantitative estimate of drug-likeness (QED) is 0.219. The molecule has 1 atom stereocenters. The lowest BCUT2D eigenvalue weighted by Crippen LogP contribution is -2.46. The highest BCUT2D eigenvalue weighted by Crippen LogP contribution is 2.39. The van der Waals surface area contributed by atoms with Crippen LogP contribution in [0.1, 0.15) is 38.3 Å². The van der Waals surface area contributed by atoms with Gasteiger partial charge in [-0.25, -0.2) is 9.28 Å². The number of halogens is 6. The number of amides is 1. The van der Waals surface area contributed by atoms with Gasteiger partial charge in [-0.1, -0.05) is 23.4 Å². The molecule has 0 spiro atoms. The van der Waals surface area contributed by atoms with Crippen LogP contribution in [0.2, 0.25) is 0 Å². The van der Waals surface area contributed by atoms with Crippen molar-refractivity contribution in [2.45, 2.75) is 32.0 Å². The minimum Gasteiger partial charge on any atom is -0.461 e. The van der Waals surface area contributed by atoms with Gasteiger partial charge in [0.15, 0.2) is 5.76 Å². The maximum absolute atomic E-state index is 13.6. The summed E-state index contributed by atoms with van der Waals surface area (Å²) in [7, 11) is 0. The first-order valence-electron chi connectivity index (χ1n) is 10.7. The van der Waals surface area contributed by atoms with E-state index in [1.165, 1.54) is 12.3 Å². The van der Waals surface area contributed by atoms with Crippen molar-refractivity contribution >= 4 is 5.91 Å². The first-order chi connectivity index (χ1) is 16.9. The molecule has 5 nitrogen and oxygen atoms in total. The van der Waals surface area contributed by atoms with Crippen molar-refractivity contribution < 1.29 is 44.6 Å². The molecule has 5 rings (SSSR count). The van der Waals surface area contributed by atoms with E-state index in [9.17, 15) is 31.1 Å². The van der Waals surface area contributed by atoms with Gasteiger partial charge in [0.1, 0.15) is 25.3 Å². The van der Waals surface area contributed by atoms with Crippen LogP contribution < -0.4 is 0 Å². The highest BCUT2D eigenvalue weighted by Gasteiger charge is 2.47. The standard InChI is InChI=1S/C25H17F6N2O3/c26-24(27,28)17-8-15(9-18(10-17)25(29,30)31)12-33(13-16-4-1-2-5-20(16)23(33)34)14-19-11-22(36-32-19)21-6-3-7-35-21/h1-11H,12-14H2/q+1. The van der Waals surface area contributed by atoms with E-state index in [4.69, 9.17) is 8.94 Å². The molecule has 0 fully saturated rings. The van der Waals surface area contributed by atoms with E-state index in [1.54, 1.807) is 36.4 Å². The molecule has 0 radical (unpaired) electrons. The summed E-state index contributed by atoms with van der Waals surface area (Å²) >= 11 is 0. The third-order valence-electron chi connectivity index (χ3n) is 6.07. The lowest BCUT2D eigenvalue weighted by Gasteiger charge is -2.31. The molecular weight excluding hydrogens is 490 g/mol. The SMILES string of the molecule is O=C1c2ccccc2C[N+]1(Cc1cc(C(F)(F)F)cc(C(F)(F)F)c1)Cc1cc(-c2ccco2)on1. The van der Waals surface area contributed by atoms with Gasteiger partial charge in [-0.15, -0.1) is 0 Å². The van der Waals surface area contributed by atoms with Crippen LogP contribution >= 0.6 is 0 Å². The van der Waals surface area contributed by atoms with Crippen LogP contribution in [0, 0.1) is 0 Å². The summed E-state index contributed by atoms with van der Waals surface area (Å²) in [5, 5.41) is 3.97. The maximum Gasteiger partial charge on any atom is 0.416 e. The number of benzene rings is 2. The zero-order chi connectivity index (χ0) is 25.7. The van der Waals surface area contributed by atoms with Crippen molar-refractivity contribution in [3.63, 3.8) is 0 Å². The van der Waals surface area contributed by atoms with Gasteiger partial charge in [0.05, 0.1) is 23.0 Å². The Morgan fingerprint density at radius 1 is 0.833 bits per heavy atom. The van der Waals surface area contributed by atoms with Crippen molar-refractivity contribution in [2.75, 3.05) is 0 Å². The molecule has 11 heteroatoms. The van der Waals surface area contributed by atoms with Crippen molar-refractivity contribution in [1.29, 1.82) is 0 Å². The number of fused-ring (bicyclic) bond motifs is 1. The zero-order valence-corrected chi connectivity index (χ0v) is 18.4. The van der Waals surface area contributed by atoms with E-state index in [-0.39, 0.29) is 30.5 Å². The molecule has 2 aromatic heterocycles. The Labute approximate surface area is 200 Å². The molecule has 4 aromatic rings. The van der Waals surface area contributed by atoms with Crippen molar-refractivity contribution in [3.05, 3.63) is 100 Å². The molecule has 1 unspecified atom stereocenters. The number of nitrogens with zero attached hydrogens (tertiary/aromatic N) is 2. The first-order valence-corrected chi connectivity index (χ1v) is 10.7.